The van der Waals surface area contributed by atoms with E-state index in [-0.39, 0.29) is 20.5 Å². The number of rotatable bonds is 6. The lowest BCUT2D eigenvalue weighted by Gasteiger charge is -2.40. The number of nitrogens with two attached hydrogens (primary N) is 1. The molecule has 0 unspecified atom stereocenters. The van der Waals surface area contributed by atoms with Crippen molar-refractivity contribution in [3.8, 4) is 0 Å². The summed E-state index contributed by atoms with van der Waals surface area (Å²) < 4.78 is 27.1. The molecule has 1 aliphatic carbocycles. The highest BCUT2D eigenvalue weighted by molar-refractivity contribution is 8.00. The smallest absolute Gasteiger partial charge is 0.242 e. The zero-order chi connectivity index (χ0) is 14.8. The summed E-state index contributed by atoms with van der Waals surface area (Å²) in [6.45, 7) is 0.422. The number of anilines is 1. The topological polar surface area (TPSA) is 97.1 Å². The van der Waals surface area contributed by atoms with E-state index in [0.29, 0.717) is 6.54 Å². The molecule has 0 aliphatic heterocycles. The molecular weight excluding hydrogens is 320 g/mol. The number of hydrogen-bond donors (Lipinski definition) is 3. The molecule has 0 aromatic carbocycles. The van der Waals surface area contributed by atoms with E-state index in [1.807, 2.05) is 6.26 Å². The van der Waals surface area contributed by atoms with Crippen molar-refractivity contribution in [3.63, 3.8) is 0 Å². The van der Waals surface area contributed by atoms with Crippen molar-refractivity contribution in [2.24, 2.45) is 5.84 Å². The van der Waals surface area contributed by atoms with Crippen molar-refractivity contribution in [1.29, 1.82) is 0 Å². The van der Waals surface area contributed by atoms with E-state index in [0.717, 1.165) is 19.3 Å². The highest BCUT2D eigenvalue weighted by atomic mass is 35.5. The van der Waals surface area contributed by atoms with E-state index in [4.69, 9.17) is 17.4 Å². The third-order valence-electron chi connectivity index (χ3n) is 3.55. The van der Waals surface area contributed by atoms with Gasteiger partial charge >= 0.3 is 0 Å². The quantitative estimate of drug-likeness (QED) is 0.539. The molecule has 6 nitrogen and oxygen atoms in total. The minimum absolute atomic E-state index is 0.0308. The summed E-state index contributed by atoms with van der Waals surface area (Å²) in [6.07, 6.45) is 6.45. The minimum Gasteiger partial charge on any atom is -0.307 e. The van der Waals surface area contributed by atoms with Crippen LogP contribution in [0.2, 0.25) is 5.02 Å². The van der Waals surface area contributed by atoms with Crippen molar-refractivity contribution in [1.82, 2.24) is 9.71 Å². The molecule has 1 heterocycles. The predicted octanol–water partition coefficient (Wildman–Crippen LogP) is 1.58. The van der Waals surface area contributed by atoms with Crippen molar-refractivity contribution in [2.45, 2.75) is 28.9 Å². The molecule has 9 heteroatoms. The number of sulfonamides is 1. The molecule has 1 aliphatic rings. The van der Waals surface area contributed by atoms with E-state index in [9.17, 15) is 8.42 Å². The van der Waals surface area contributed by atoms with Crippen molar-refractivity contribution < 1.29 is 8.42 Å². The van der Waals surface area contributed by atoms with E-state index in [1.165, 1.54) is 12.3 Å². The van der Waals surface area contributed by atoms with Crippen molar-refractivity contribution in [3.05, 3.63) is 17.3 Å². The number of halogens is 1. The molecule has 112 valence electrons. The molecule has 0 atom stereocenters. The molecule has 0 amide bonds. The van der Waals surface area contributed by atoms with Crippen LogP contribution in [0, 0.1) is 0 Å². The largest absolute Gasteiger partial charge is 0.307 e. The first kappa shape index (κ1) is 15.8. The first-order valence-corrected chi connectivity index (χ1v) is 9.18. The lowest BCUT2D eigenvalue weighted by Crippen LogP contribution is -2.45. The lowest BCUT2D eigenvalue weighted by atomic mass is 9.84. The van der Waals surface area contributed by atoms with Gasteiger partial charge in [-0.1, -0.05) is 18.0 Å². The Kier molecular flexibility index (Phi) is 4.80. The van der Waals surface area contributed by atoms with Gasteiger partial charge < -0.3 is 5.43 Å². The number of nitrogens with zero attached hydrogens (tertiary/aromatic N) is 1. The first-order chi connectivity index (χ1) is 9.42. The van der Waals surface area contributed by atoms with Gasteiger partial charge in [-0.2, -0.15) is 11.8 Å². The Hall–Kier alpha value is -0.540. The Morgan fingerprint density at radius 2 is 2.25 bits per heavy atom. The van der Waals surface area contributed by atoms with Crippen molar-refractivity contribution >= 4 is 39.2 Å². The molecule has 1 saturated carbocycles. The Morgan fingerprint density at radius 1 is 1.55 bits per heavy atom. The standard InChI is InChI=1S/C11H17ClN4O2S2/c1-19-11(3-2-4-11)7-15-20(17,18)8-5-9(12)10(16-13)14-6-8/h5-6,15H,2-4,7,13H2,1H3,(H,14,16). The van der Waals surface area contributed by atoms with Crippen LogP contribution in [0.3, 0.4) is 0 Å². The number of hydrazine groups is 1. The van der Waals surface area contributed by atoms with Gasteiger partial charge in [0.2, 0.25) is 10.0 Å². The fourth-order valence-electron chi connectivity index (χ4n) is 2.01. The van der Waals surface area contributed by atoms with Crippen LogP contribution in [0.1, 0.15) is 19.3 Å². The van der Waals surface area contributed by atoms with Gasteiger partial charge in [-0.3, -0.25) is 0 Å². The first-order valence-electron chi connectivity index (χ1n) is 6.09. The summed E-state index contributed by atoms with van der Waals surface area (Å²) in [5.41, 5.74) is 2.30. The number of thioether (sulfide) groups is 1. The molecule has 0 radical (unpaired) electrons. The van der Waals surface area contributed by atoms with Crippen LogP contribution in [-0.2, 0) is 10.0 Å². The fraction of sp³-hybridized carbons (Fsp3) is 0.545. The molecule has 1 aromatic rings. The zero-order valence-electron chi connectivity index (χ0n) is 11.0. The highest BCUT2D eigenvalue weighted by Gasteiger charge is 2.37. The maximum absolute atomic E-state index is 12.2. The third-order valence-corrected chi connectivity index (χ3v) is 6.62. The van der Waals surface area contributed by atoms with Gasteiger partial charge in [0.15, 0.2) is 5.82 Å². The van der Waals surface area contributed by atoms with Crippen LogP contribution >= 0.6 is 23.4 Å². The Labute approximate surface area is 127 Å². The highest BCUT2D eigenvalue weighted by Crippen LogP contribution is 2.42. The molecule has 1 fully saturated rings. The van der Waals surface area contributed by atoms with Gasteiger partial charge in [0, 0.05) is 17.5 Å². The molecule has 0 spiro atoms. The normalized spacial score (nSPS) is 17.6. The average molecular weight is 337 g/mol. The number of pyridine rings is 1. The molecule has 20 heavy (non-hydrogen) atoms. The second-order valence-electron chi connectivity index (χ2n) is 4.71. The number of nitrogen functional groups attached to an aromatic ring is 1. The number of nitrogens with one attached hydrogen (secondary N) is 2. The van der Waals surface area contributed by atoms with Gasteiger partial charge in [0.25, 0.3) is 0 Å². The Morgan fingerprint density at radius 3 is 2.70 bits per heavy atom. The van der Waals surface area contributed by atoms with Crippen LogP contribution < -0.4 is 16.0 Å². The molecule has 0 bridgehead atoms. The van der Waals surface area contributed by atoms with Gasteiger partial charge in [0.1, 0.15) is 4.90 Å². The number of aromatic nitrogens is 1. The summed E-state index contributed by atoms with van der Waals surface area (Å²) >= 11 is 7.60. The zero-order valence-corrected chi connectivity index (χ0v) is 13.4. The summed E-state index contributed by atoms with van der Waals surface area (Å²) in [7, 11) is -3.61. The maximum atomic E-state index is 12.2. The second-order valence-corrected chi connectivity index (χ2v) is 8.16. The van der Waals surface area contributed by atoms with Gasteiger partial charge in [0.05, 0.1) is 5.02 Å². The van der Waals surface area contributed by atoms with E-state index in [2.05, 4.69) is 15.1 Å². The molecule has 2 rings (SSSR count). The van der Waals surface area contributed by atoms with Crippen molar-refractivity contribution in [2.75, 3.05) is 18.2 Å². The minimum atomic E-state index is -3.61. The SMILES string of the molecule is CSC1(CNS(=O)(=O)c2cnc(NN)c(Cl)c2)CCC1. The molecule has 1 aromatic heterocycles. The van der Waals surface area contributed by atoms with E-state index < -0.39 is 10.0 Å². The molecule has 0 saturated heterocycles. The van der Waals surface area contributed by atoms with Crippen LogP contribution in [0.5, 0.6) is 0 Å². The average Bonchev–Trinajstić information content (AvgIpc) is 2.38. The van der Waals surface area contributed by atoms with Gasteiger partial charge in [-0.15, -0.1) is 0 Å². The molecular formula is C11H17ClN4O2S2. The Balaban J connectivity index is 2.12. The number of hydrogen-bond acceptors (Lipinski definition) is 6. The second kappa shape index (κ2) is 6.07. The monoisotopic (exact) mass is 336 g/mol. The van der Waals surface area contributed by atoms with E-state index >= 15 is 0 Å². The van der Waals surface area contributed by atoms with Crippen LogP contribution in [-0.4, -0.2) is 30.9 Å². The fourth-order valence-corrected chi connectivity index (χ4v) is 4.40. The summed E-state index contributed by atoms with van der Waals surface area (Å²) in [5, 5.41) is 0.165. The maximum Gasteiger partial charge on any atom is 0.242 e. The third kappa shape index (κ3) is 3.20. The van der Waals surface area contributed by atoms with Gasteiger partial charge in [-0.25, -0.2) is 24.0 Å². The van der Waals surface area contributed by atoms with Crippen LogP contribution in [0.4, 0.5) is 5.82 Å². The summed E-state index contributed by atoms with van der Waals surface area (Å²) in [6, 6.07) is 1.33. The van der Waals surface area contributed by atoms with Gasteiger partial charge in [-0.05, 0) is 25.2 Å². The van der Waals surface area contributed by atoms with Crippen LogP contribution in [0.25, 0.3) is 0 Å². The summed E-state index contributed by atoms with van der Waals surface area (Å²) in [5.74, 6) is 5.45. The lowest BCUT2D eigenvalue weighted by molar-refractivity contribution is 0.362. The summed E-state index contributed by atoms with van der Waals surface area (Å²) in [4.78, 5) is 3.91. The predicted molar refractivity (Wildman–Crippen MR) is 82.3 cm³/mol. The molecule has 4 N–H and O–H groups in total. The Bertz CT molecular complexity index is 585. The van der Waals surface area contributed by atoms with E-state index in [1.54, 1.807) is 11.8 Å². The van der Waals surface area contributed by atoms with Crippen LogP contribution in [0.15, 0.2) is 17.2 Å².